The molecule has 1 aromatic heterocycles. The quantitative estimate of drug-likeness (QED) is 0.118. The van der Waals surface area contributed by atoms with E-state index >= 15 is 0 Å². The van der Waals surface area contributed by atoms with Gasteiger partial charge in [-0.25, -0.2) is 13.4 Å². The topological polar surface area (TPSA) is 183 Å². The van der Waals surface area contributed by atoms with Crippen LogP contribution < -0.4 is 25.0 Å². The number of carbonyl (C=O) groups excluding carboxylic acids is 2. The molecule has 2 amide bonds. The summed E-state index contributed by atoms with van der Waals surface area (Å²) in [5, 5.41) is 29.4. The second-order valence-electron chi connectivity index (χ2n) is 11.3. The van der Waals surface area contributed by atoms with Crippen LogP contribution in [0.1, 0.15) is 56.4 Å². The van der Waals surface area contributed by atoms with Crippen LogP contribution in [0.4, 0.5) is 5.69 Å². The molecular weight excluding hydrogens is 638 g/mol. The van der Waals surface area contributed by atoms with Gasteiger partial charge in [-0.1, -0.05) is 42.5 Å². The van der Waals surface area contributed by atoms with Gasteiger partial charge in [-0.05, 0) is 54.8 Å². The number of hydrogen-bond donors (Lipinski definition) is 5. The third kappa shape index (κ3) is 9.87. The van der Waals surface area contributed by atoms with E-state index < -0.39 is 40.0 Å². The third-order valence-corrected chi connectivity index (χ3v) is 8.85. The van der Waals surface area contributed by atoms with E-state index in [1.54, 1.807) is 14.0 Å². The lowest BCUT2D eigenvalue weighted by molar-refractivity contribution is 0.0830. The highest BCUT2D eigenvalue weighted by Gasteiger charge is 2.25. The van der Waals surface area contributed by atoms with Crippen LogP contribution in [-0.2, 0) is 29.6 Å². The first-order valence-corrected chi connectivity index (χ1v) is 17.0. The Morgan fingerprint density at radius 2 is 1.65 bits per heavy atom. The second-order valence-corrected chi connectivity index (χ2v) is 13.4. The minimum absolute atomic E-state index is 0.00838. The Morgan fingerprint density at radius 3 is 2.27 bits per heavy atom. The number of nitrogens with zero attached hydrogens (tertiary/aromatic N) is 2. The van der Waals surface area contributed by atoms with E-state index in [2.05, 4.69) is 20.9 Å². The summed E-state index contributed by atoms with van der Waals surface area (Å²) in [5.41, 5.74) is 2.23. The highest BCUT2D eigenvalue weighted by molar-refractivity contribution is 7.92. The number of methoxy groups -OCH3 is 1. The number of carbonyl (C=O) groups is 2. The Kier molecular flexibility index (Phi) is 12.3. The number of nitrogens with one attached hydrogen (secondary N) is 3. The van der Waals surface area contributed by atoms with Gasteiger partial charge in [0.25, 0.3) is 11.8 Å². The van der Waals surface area contributed by atoms with Crippen molar-refractivity contribution in [2.45, 2.75) is 44.7 Å². The molecule has 1 heterocycles. The summed E-state index contributed by atoms with van der Waals surface area (Å²) in [4.78, 5) is 31.3. The first kappa shape index (κ1) is 36.1. The van der Waals surface area contributed by atoms with E-state index in [1.807, 2.05) is 54.6 Å². The lowest BCUT2D eigenvalue weighted by Crippen LogP contribution is -2.48. The van der Waals surface area contributed by atoms with Gasteiger partial charge in [0.15, 0.2) is 0 Å². The fourth-order valence-corrected chi connectivity index (χ4v) is 5.36. The Bertz CT molecular complexity index is 1800. The van der Waals surface area contributed by atoms with E-state index in [-0.39, 0.29) is 35.9 Å². The number of ether oxygens (including phenoxy) is 1. The number of hydrogen-bond acceptors (Lipinski definition) is 10. The van der Waals surface area contributed by atoms with Crippen molar-refractivity contribution in [1.82, 2.24) is 20.9 Å². The minimum Gasteiger partial charge on any atom is -0.497 e. The molecule has 4 rings (SSSR count). The zero-order valence-electron chi connectivity index (χ0n) is 27.2. The molecule has 4 aromatic rings. The summed E-state index contributed by atoms with van der Waals surface area (Å²) in [6.07, 6.45) is 1.56. The summed E-state index contributed by atoms with van der Waals surface area (Å²) < 4.78 is 36.4. The van der Waals surface area contributed by atoms with Gasteiger partial charge in [-0.2, -0.15) is 0 Å². The molecule has 3 aromatic carbocycles. The van der Waals surface area contributed by atoms with Crippen LogP contribution >= 0.6 is 0 Å². The molecule has 3 atom stereocenters. The van der Waals surface area contributed by atoms with Crippen molar-refractivity contribution in [2.75, 3.05) is 31.3 Å². The molecule has 3 unspecified atom stereocenters. The summed E-state index contributed by atoms with van der Waals surface area (Å²) in [6, 6.07) is 19.5. The van der Waals surface area contributed by atoms with E-state index in [0.717, 1.165) is 21.7 Å². The van der Waals surface area contributed by atoms with Gasteiger partial charge in [0, 0.05) is 31.3 Å². The maximum Gasteiger partial charge on any atom is 0.252 e. The molecule has 0 saturated carbocycles. The summed E-state index contributed by atoms with van der Waals surface area (Å²) in [6.45, 7) is 1.89. The monoisotopic (exact) mass is 679 g/mol. The average Bonchev–Trinajstić information content (AvgIpc) is 3.57. The first-order chi connectivity index (χ1) is 22.9. The van der Waals surface area contributed by atoms with Crippen LogP contribution in [0.2, 0.25) is 0 Å². The van der Waals surface area contributed by atoms with Crippen LogP contribution in [0, 0.1) is 0 Å². The molecule has 0 radical (unpaired) electrons. The van der Waals surface area contributed by atoms with Gasteiger partial charge >= 0.3 is 0 Å². The Labute approximate surface area is 280 Å². The number of aliphatic hydroxyl groups is 2. The summed E-state index contributed by atoms with van der Waals surface area (Å²) in [7, 11) is -0.854. The number of anilines is 1. The van der Waals surface area contributed by atoms with Crippen molar-refractivity contribution in [2.24, 2.45) is 0 Å². The smallest absolute Gasteiger partial charge is 0.252 e. The second kappa shape index (κ2) is 16.4. The average molecular weight is 680 g/mol. The van der Waals surface area contributed by atoms with Crippen LogP contribution in [-0.4, -0.2) is 74.5 Å². The van der Waals surface area contributed by atoms with E-state index in [4.69, 9.17) is 9.15 Å². The Hall–Kier alpha value is -4.76. The third-order valence-electron chi connectivity index (χ3n) is 7.65. The van der Waals surface area contributed by atoms with E-state index in [0.29, 0.717) is 24.4 Å². The fraction of sp³-hybridized carbons (Fsp3) is 0.324. The number of benzene rings is 3. The van der Waals surface area contributed by atoms with E-state index in [1.165, 1.54) is 31.5 Å². The zero-order chi connectivity index (χ0) is 34.8. The fourth-order valence-electron chi connectivity index (χ4n) is 4.87. The number of amides is 2. The van der Waals surface area contributed by atoms with Gasteiger partial charge in [0.2, 0.25) is 15.9 Å². The van der Waals surface area contributed by atoms with Gasteiger partial charge in [-0.15, -0.1) is 0 Å². The van der Waals surface area contributed by atoms with Crippen molar-refractivity contribution >= 4 is 27.5 Å². The molecule has 48 heavy (non-hydrogen) atoms. The van der Waals surface area contributed by atoms with Gasteiger partial charge < -0.3 is 35.3 Å². The standard InChI is InChI=1S/C34H41N5O8S/c1-22(34-37-27(20-40)21-47-34)36-32(42)25-15-26(17-28(16-25)39(2)48(4,44)45)33(43)38-30(14-23-9-6-5-7-10-23)31(41)19-35-18-24-11-8-12-29(13-24)46-3/h5-13,15-17,21-22,30-31,35,40-41H,14,18-20H2,1-4H3,(H,36,42)(H,38,43). The van der Waals surface area contributed by atoms with Crippen LogP contribution in [0.25, 0.3) is 0 Å². The molecule has 0 fully saturated rings. The van der Waals surface area contributed by atoms with Crippen LogP contribution in [0.3, 0.4) is 0 Å². The first-order valence-electron chi connectivity index (χ1n) is 15.2. The number of aliphatic hydroxyl groups excluding tert-OH is 2. The highest BCUT2D eigenvalue weighted by Crippen LogP contribution is 2.22. The van der Waals surface area contributed by atoms with Gasteiger partial charge in [0.1, 0.15) is 23.7 Å². The lowest BCUT2D eigenvalue weighted by atomic mass is 10.00. The van der Waals surface area contributed by atoms with Crippen LogP contribution in [0.5, 0.6) is 5.75 Å². The van der Waals surface area contributed by atoms with Crippen molar-refractivity contribution in [3.63, 3.8) is 0 Å². The summed E-state index contributed by atoms with van der Waals surface area (Å²) in [5.74, 6) is -0.364. The predicted octanol–water partition coefficient (Wildman–Crippen LogP) is 2.55. The van der Waals surface area contributed by atoms with Crippen molar-refractivity contribution in [1.29, 1.82) is 0 Å². The molecular formula is C34H41N5O8S. The summed E-state index contributed by atoms with van der Waals surface area (Å²) >= 11 is 0. The molecule has 0 spiro atoms. The number of oxazole rings is 1. The van der Waals surface area contributed by atoms with Crippen LogP contribution in [0.15, 0.2) is 83.5 Å². The van der Waals surface area contributed by atoms with Crippen molar-refractivity contribution in [3.8, 4) is 5.75 Å². The number of sulfonamides is 1. The lowest BCUT2D eigenvalue weighted by Gasteiger charge is -2.25. The van der Waals surface area contributed by atoms with Gasteiger partial charge in [0.05, 0.1) is 37.8 Å². The Morgan fingerprint density at radius 1 is 0.979 bits per heavy atom. The van der Waals surface area contributed by atoms with Crippen molar-refractivity contribution in [3.05, 3.63) is 113 Å². The zero-order valence-corrected chi connectivity index (χ0v) is 28.0. The molecule has 0 aliphatic rings. The normalized spacial score (nSPS) is 13.3. The van der Waals surface area contributed by atoms with Crippen molar-refractivity contribution < 1.29 is 37.4 Å². The molecule has 14 heteroatoms. The number of aromatic nitrogens is 1. The SMILES string of the molecule is COc1cccc(CNCC(O)C(Cc2ccccc2)NC(=O)c2cc(C(=O)NC(C)c3nc(CO)co3)cc(N(C)S(C)(=O)=O)c2)c1. The van der Waals surface area contributed by atoms with Gasteiger partial charge in [-0.3, -0.25) is 13.9 Å². The molecule has 0 aliphatic heterocycles. The molecule has 5 N–H and O–H groups in total. The Balaban J connectivity index is 1.57. The van der Waals surface area contributed by atoms with E-state index in [9.17, 15) is 28.2 Å². The maximum atomic E-state index is 13.8. The molecule has 0 bridgehead atoms. The minimum atomic E-state index is -3.76. The molecule has 256 valence electrons. The largest absolute Gasteiger partial charge is 0.497 e. The number of rotatable bonds is 16. The molecule has 0 saturated heterocycles. The predicted molar refractivity (Wildman–Crippen MR) is 180 cm³/mol. The highest BCUT2D eigenvalue weighted by atomic mass is 32.2. The molecule has 13 nitrogen and oxygen atoms in total. The molecule has 0 aliphatic carbocycles. The maximum absolute atomic E-state index is 13.8.